The smallest absolute Gasteiger partial charge is 0.382 e. The van der Waals surface area contributed by atoms with Crippen LogP contribution in [0.2, 0.25) is 0 Å². The van der Waals surface area contributed by atoms with E-state index < -0.39 is 29.3 Å². The molecule has 0 aromatic heterocycles. The molecule has 0 saturated carbocycles. The molecule has 1 aliphatic rings. The summed E-state index contributed by atoms with van der Waals surface area (Å²) >= 11 is 0.704. The van der Waals surface area contributed by atoms with Crippen molar-refractivity contribution in [1.82, 2.24) is 4.72 Å². The molecule has 1 fully saturated rings. The number of carbonyl (C=O) groups excluding carboxylic acids is 1. The summed E-state index contributed by atoms with van der Waals surface area (Å²) in [5, 5.41) is 17.6. The van der Waals surface area contributed by atoms with Gasteiger partial charge in [0.25, 0.3) is 0 Å². The molecular formula is C7H11NO5S. The summed E-state index contributed by atoms with van der Waals surface area (Å²) in [6, 6.07) is -0.560. The summed E-state index contributed by atoms with van der Waals surface area (Å²) in [6.45, 7) is 1.36. The lowest BCUT2D eigenvalue weighted by molar-refractivity contribution is -0.147. The highest BCUT2D eigenvalue weighted by Gasteiger charge is 2.36. The van der Waals surface area contributed by atoms with Crippen molar-refractivity contribution in [1.29, 1.82) is 0 Å². The Labute approximate surface area is 84.8 Å². The highest BCUT2D eigenvalue weighted by Crippen LogP contribution is 2.18. The van der Waals surface area contributed by atoms with Crippen molar-refractivity contribution in [2.24, 2.45) is 5.92 Å². The number of hydrogen-bond acceptors (Lipinski definition) is 6. The van der Waals surface area contributed by atoms with E-state index in [4.69, 9.17) is 5.11 Å². The van der Waals surface area contributed by atoms with Crippen molar-refractivity contribution in [3.8, 4) is 0 Å². The summed E-state index contributed by atoms with van der Waals surface area (Å²) in [5.74, 6) is -2.09. The van der Waals surface area contributed by atoms with Gasteiger partial charge in [-0.3, -0.25) is 4.79 Å². The molecule has 0 amide bonds. The summed E-state index contributed by atoms with van der Waals surface area (Å²) < 4.78 is 7.29. The number of hydrogen-bond donors (Lipinski definition) is 3. The maximum Gasteiger partial charge on any atom is 0.382 e. The van der Waals surface area contributed by atoms with Crippen molar-refractivity contribution < 1.29 is 24.5 Å². The van der Waals surface area contributed by atoms with Gasteiger partial charge in [0.05, 0.1) is 12.1 Å². The Balaban J connectivity index is 2.61. The van der Waals surface area contributed by atoms with E-state index in [1.165, 1.54) is 6.92 Å². The van der Waals surface area contributed by atoms with Gasteiger partial charge in [-0.05, 0) is 6.92 Å². The van der Waals surface area contributed by atoms with Crippen LogP contribution in [0, 0.1) is 5.92 Å². The van der Waals surface area contributed by atoms with Gasteiger partial charge in [0.2, 0.25) is 0 Å². The standard InChI is InChI=1S/C7H11NO5S/c1-3(9)5(6(10)11)4-2-13-7(12)14-8-4/h3-5,8-9H,2H2,1H3,(H,10,11). The first kappa shape index (κ1) is 11.3. The molecule has 3 N–H and O–H groups in total. The lowest BCUT2D eigenvalue weighted by Crippen LogP contribution is -2.48. The highest BCUT2D eigenvalue weighted by molar-refractivity contribution is 8.11. The fourth-order valence-electron chi connectivity index (χ4n) is 1.24. The molecule has 1 heterocycles. The first-order chi connectivity index (χ1) is 6.52. The van der Waals surface area contributed by atoms with E-state index in [9.17, 15) is 14.7 Å². The lowest BCUT2D eigenvalue weighted by atomic mass is 9.96. The van der Waals surface area contributed by atoms with Gasteiger partial charge in [0.15, 0.2) is 0 Å². The molecule has 0 aromatic rings. The van der Waals surface area contributed by atoms with Crippen LogP contribution in [-0.4, -0.2) is 40.2 Å². The number of carbonyl (C=O) groups is 2. The minimum absolute atomic E-state index is 0.0340. The number of nitrogens with one attached hydrogen (secondary N) is 1. The third-order valence-corrected chi connectivity index (χ3v) is 2.62. The number of rotatable bonds is 3. The van der Waals surface area contributed by atoms with Crippen molar-refractivity contribution in [3.63, 3.8) is 0 Å². The molecule has 14 heavy (non-hydrogen) atoms. The van der Waals surface area contributed by atoms with Gasteiger partial charge in [-0.2, -0.15) is 0 Å². The predicted molar refractivity (Wildman–Crippen MR) is 48.7 cm³/mol. The van der Waals surface area contributed by atoms with Crippen LogP contribution in [0.5, 0.6) is 0 Å². The fourth-order valence-corrected chi connectivity index (χ4v) is 1.83. The minimum atomic E-state index is -1.11. The second-order valence-electron chi connectivity index (χ2n) is 2.99. The monoisotopic (exact) mass is 221 g/mol. The molecule has 1 rings (SSSR count). The molecule has 0 aliphatic carbocycles. The third-order valence-electron chi connectivity index (χ3n) is 1.91. The summed E-state index contributed by atoms with van der Waals surface area (Å²) in [6.07, 6.45) is -0.998. The average Bonchev–Trinajstić information content (AvgIpc) is 2.07. The third kappa shape index (κ3) is 2.60. The van der Waals surface area contributed by atoms with Crippen LogP contribution in [0.4, 0.5) is 4.79 Å². The number of carboxylic acids is 1. The SMILES string of the molecule is CC(O)C(C(=O)O)C1COC(=O)SN1. The van der Waals surface area contributed by atoms with Gasteiger partial charge in [0, 0.05) is 11.9 Å². The lowest BCUT2D eigenvalue weighted by Gasteiger charge is -2.28. The topological polar surface area (TPSA) is 95.9 Å². The number of ether oxygens (including phenoxy) is 1. The van der Waals surface area contributed by atoms with E-state index in [1.54, 1.807) is 0 Å². The Bertz CT molecular complexity index is 234. The minimum Gasteiger partial charge on any atom is -0.481 e. The molecular weight excluding hydrogens is 210 g/mol. The second kappa shape index (κ2) is 4.63. The van der Waals surface area contributed by atoms with Gasteiger partial charge >= 0.3 is 11.3 Å². The van der Waals surface area contributed by atoms with Crippen molar-refractivity contribution in [2.75, 3.05) is 6.61 Å². The molecule has 0 bridgehead atoms. The van der Waals surface area contributed by atoms with Gasteiger partial charge < -0.3 is 14.9 Å². The first-order valence-electron chi connectivity index (χ1n) is 4.02. The maximum absolute atomic E-state index is 10.8. The van der Waals surface area contributed by atoms with E-state index in [0.29, 0.717) is 11.9 Å². The van der Waals surface area contributed by atoms with Crippen LogP contribution in [0.25, 0.3) is 0 Å². The molecule has 0 aromatic carbocycles. The van der Waals surface area contributed by atoms with E-state index in [0.717, 1.165) is 0 Å². The molecule has 6 nitrogen and oxygen atoms in total. The Kier molecular flexibility index (Phi) is 3.73. The summed E-state index contributed by atoms with van der Waals surface area (Å²) in [5.41, 5.74) is 0. The summed E-state index contributed by atoms with van der Waals surface area (Å²) in [4.78, 5) is 21.4. The van der Waals surface area contributed by atoms with Crippen LogP contribution in [-0.2, 0) is 9.53 Å². The predicted octanol–water partition coefficient (Wildman–Crippen LogP) is -0.175. The fraction of sp³-hybridized carbons (Fsp3) is 0.714. The summed E-state index contributed by atoms with van der Waals surface area (Å²) in [7, 11) is 0. The Hall–Kier alpha value is -0.790. The highest BCUT2D eigenvalue weighted by atomic mass is 32.2. The largest absolute Gasteiger partial charge is 0.481 e. The molecule has 1 aliphatic heterocycles. The van der Waals surface area contributed by atoms with Gasteiger partial charge in [0.1, 0.15) is 12.5 Å². The van der Waals surface area contributed by atoms with Gasteiger partial charge in [-0.1, -0.05) is 0 Å². The normalized spacial score (nSPS) is 26.4. The van der Waals surface area contributed by atoms with E-state index >= 15 is 0 Å². The van der Waals surface area contributed by atoms with Gasteiger partial charge in [-0.15, -0.1) is 0 Å². The van der Waals surface area contributed by atoms with Gasteiger partial charge in [-0.25, -0.2) is 9.52 Å². The van der Waals surface area contributed by atoms with Crippen LogP contribution >= 0.6 is 11.9 Å². The Morgan fingerprint density at radius 3 is 2.79 bits per heavy atom. The zero-order valence-corrected chi connectivity index (χ0v) is 8.28. The number of cyclic esters (lactones) is 1. The number of carboxylic acid groups (broad SMARTS) is 1. The number of aliphatic hydroxyl groups is 1. The van der Waals surface area contributed by atoms with Crippen LogP contribution < -0.4 is 4.72 Å². The van der Waals surface area contributed by atoms with E-state index in [-0.39, 0.29) is 6.61 Å². The number of aliphatic carboxylic acids is 1. The molecule has 0 radical (unpaired) electrons. The van der Waals surface area contributed by atoms with Crippen molar-refractivity contribution >= 4 is 23.2 Å². The van der Waals surface area contributed by atoms with Crippen LogP contribution in [0.1, 0.15) is 6.92 Å². The van der Waals surface area contributed by atoms with Crippen molar-refractivity contribution in [3.05, 3.63) is 0 Å². The van der Waals surface area contributed by atoms with E-state index in [2.05, 4.69) is 9.46 Å². The Morgan fingerprint density at radius 2 is 2.43 bits per heavy atom. The van der Waals surface area contributed by atoms with Crippen LogP contribution in [0.3, 0.4) is 0 Å². The second-order valence-corrected chi connectivity index (χ2v) is 3.77. The molecule has 7 heteroatoms. The molecule has 3 unspecified atom stereocenters. The molecule has 80 valence electrons. The molecule has 3 atom stereocenters. The van der Waals surface area contributed by atoms with Crippen molar-refractivity contribution in [2.45, 2.75) is 19.1 Å². The zero-order valence-electron chi connectivity index (χ0n) is 7.47. The average molecular weight is 221 g/mol. The molecule has 0 spiro atoms. The first-order valence-corrected chi connectivity index (χ1v) is 4.84. The quantitative estimate of drug-likeness (QED) is 0.449. The maximum atomic E-state index is 10.8. The van der Waals surface area contributed by atoms with E-state index in [1.807, 2.05) is 0 Å². The zero-order chi connectivity index (χ0) is 10.7. The Morgan fingerprint density at radius 1 is 1.79 bits per heavy atom. The molecule has 1 saturated heterocycles. The number of aliphatic hydroxyl groups excluding tert-OH is 1. The van der Waals surface area contributed by atoms with Crippen LogP contribution in [0.15, 0.2) is 0 Å².